The summed E-state index contributed by atoms with van der Waals surface area (Å²) in [5, 5.41) is 9.07. The van der Waals surface area contributed by atoms with Gasteiger partial charge in [0, 0.05) is 5.56 Å². The van der Waals surface area contributed by atoms with Crippen LogP contribution in [0.15, 0.2) is 30.5 Å². The lowest BCUT2D eigenvalue weighted by atomic mass is 10.1. The van der Waals surface area contributed by atoms with Gasteiger partial charge in [0.05, 0.1) is 6.20 Å². The Morgan fingerprint density at radius 2 is 2.23 bits per heavy atom. The molecule has 0 saturated carbocycles. The zero-order chi connectivity index (χ0) is 9.26. The van der Waals surface area contributed by atoms with Gasteiger partial charge in [-0.2, -0.15) is 0 Å². The van der Waals surface area contributed by atoms with Gasteiger partial charge >= 0.3 is 0 Å². The maximum atomic E-state index is 9.07. The number of benzene rings is 1. The third-order valence-electron chi connectivity index (χ3n) is 1.85. The van der Waals surface area contributed by atoms with Crippen LogP contribution in [0.25, 0.3) is 11.4 Å². The van der Waals surface area contributed by atoms with Crippen molar-refractivity contribution in [3.05, 3.63) is 36.0 Å². The Bertz CT molecular complexity index is 420. The molecule has 13 heavy (non-hydrogen) atoms. The minimum absolute atomic E-state index is 0.0940. The number of aryl methyl sites for hydroxylation is 1. The van der Waals surface area contributed by atoms with Gasteiger partial charge in [-0.3, -0.25) is 0 Å². The standard InChI is InChI=1S/C10H10N2O/c1-7-3-2-4-8(5-7)10-11-6-9(13)12-10/h2-6,13H,1H3,(H,11,12). The van der Waals surface area contributed by atoms with E-state index in [1.54, 1.807) is 0 Å². The Hall–Kier alpha value is -1.77. The molecule has 0 bridgehead atoms. The van der Waals surface area contributed by atoms with Crippen molar-refractivity contribution in [1.82, 2.24) is 9.97 Å². The lowest BCUT2D eigenvalue weighted by Gasteiger charge is -1.97. The largest absolute Gasteiger partial charge is 0.493 e. The number of aromatic hydroxyl groups is 1. The minimum atomic E-state index is 0.0940. The predicted octanol–water partition coefficient (Wildman–Crippen LogP) is 2.09. The topological polar surface area (TPSA) is 48.9 Å². The molecular weight excluding hydrogens is 164 g/mol. The summed E-state index contributed by atoms with van der Waals surface area (Å²) in [7, 11) is 0. The molecule has 1 aromatic heterocycles. The molecule has 2 aromatic rings. The van der Waals surface area contributed by atoms with Crippen molar-refractivity contribution in [1.29, 1.82) is 0 Å². The van der Waals surface area contributed by atoms with Gasteiger partial charge in [0.25, 0.3) is 0 Å². The lowest BCUT2D eigenvalue weighted by Crippen LogP contribution is -1.80. The molecule has 2 N–H and O–H groups in total. The van der Waals surface area contributed by atoms with Crippen LogP contribution in [0.4, 0.5) is 0 Å². The molecule has 0 amide bonds. The summed E-state index contributed by atoms with van der Waals surface area (Å²) >= 11 is 0. The molecule has 2 rings (SSSR count). The third kappa shape index (κ3) is 1.54. The highest BCUT2D eigenvalue weighted by Gasteiger charge is 2.01. The van der Waals surface area contributed by atoms with Gasteiger partial charge in [-0.1, -0.05) is 23.8 Å². The normalized spacial score (nSPS) is 10.2. The van der Waals surface area contributed by atoms with Crippen LogP contribution in [-0.2, 0) is 0 Å². The van der Waals surface area contributed by atoms with E-state index in [0.717, 1.165) is 5.56 Å². The summed E-state index contributed by atoms with van der Waals surface area (Å²) in [5.74, 6) is 0.790. The lowest BCUT2D eigenvalue weighted by molar-refractivity contribution is 0.457. The van der Waals surface area contributed by atoms with Crippen LogP contribution in [0.3, 0.4) is 0 Å². The van der Waals surface area contributed by atoms with Gasteiger partial charge in [-0.05, 0) is 13.0 Å². The third-order valence-corrected chi connectivity index (χ3v) is 1.85. The van der Waals surface area contributed by atoms with E-state index in [2.05, 4.69) is 9.97 Å². The van der Waals surface area contributed by atoms with Crippen molar-refractivity contribution in [2.75, 3.05) is 0 Å². The number of nitrogens with zero attached hydrogens (tertiary/aromatic N) is 1. The van der Waals surface area contributed by atoms with E-state index in [-0.39, 0.29) is 5.88 Å². The Morgan fingerprint density at radius 1 is 1.38 bits per heavy atom. The Morgan fingerprint density at radius 3 is 2.85 bits per heavy atom. The monoisotopic (exact) mass is 174 g/mol. The summed E-state index contributed by atoms with van der Waals surface area (Å²) in [6.45, 7) is 2.02. The van der Waals surface area contributed by atoms with Gasteiger partial charge < -0.3 is 10.1 Å². The molecular formula is C10H10N2O. The zero-order valence-corrected chi connectivity index (χ0v) is 7.28. The summed E-state index contributed by atoms with van der Waals surface area (Å²) < 4.78 is 0. The summed E-state index contributed by atoms with van der Waals surface area (Å²) in [6.07, 6.45) is 1.40. The van der Waals surface area contributed by atoms with Crippen molar-refractivity contribution in [2.45, 2.75) is 6.92 Å². The molecule has 0 aliphatic carbocycles. The van der Waals surface area contributed by atoms with Gasteiger partial charge in [0.15, 0.2) is 0 Å². The van der Waals surface area contributed by atoms with Crippen LogP contribution in [-0.4, -0.2) is 15.1 Å². The summed E-state index contributed by atoms with van der Waals surface area (Å²) in [5.41, 5.74) is 2.16. The van der Waals surface area contributed by atoms with E-state index < -0.39 is 0 Å². The summed E-state index contributed by atoms with van der Waals surface area (Å²) in [4.78, 5) is 6.79. The number of imidazole rings is 1. The van der Waals surface area contributed by atoms with Crippen LogP contribution in [0.1, 0.15) is 5.56 Å². The molecule has 0 saturated heterocycles. The van der Waals surface area contributed by atoms with Crippen molar-refractivity contribution in [2.24, 2.45) is 0 Å². The molecule has 66 valence electrons. The molecule has 0 spiro atoms. The molecule has 1 heterocycles. The zero-order valence-electron chi connectivity index (χ0n) is 7.28. The smallest absolute Gasteiger partial charge is 0.208 e. The fraction of sp³-hybridized carbons (Fsp3) is 0.100. The van der Waals surface area contributed by atoms with Gasteiger partial charge in [0.2, 0.25) is 5.88 Å². The average Bonchev–Trinajstić information content (AvgIpc) is 2.52. The van der Waals surface area contributed by atoms with E-state index in [1.165, 1.54) is 11.8 Å². The Balaban J connectivity index is 2.46. The highest BCUT2D eigenvalue weighted by Crippen LogP contribution is 2.18. The van der Waals surface area contributed by atoms with Crippen LogP contribution in [0.5, 0.6) is 5.88 Å². The van der Waals surface area contributed by atoms with Gasteiger partial charge in [0.1, 0.15) is 5.82 Å². The molecule has 0 aliphatic rings. The molecule has 3 nitrogen and oxygen atoms in total. The highest BCUT2D eigenvalue weighted by molar-refractivity contribution is 5.56. The second-order valence-corrected chi connectivity index (χ2v) is 2.99. The molecule has 0 radical (unpaired) electrons. The first-order chi connectivity index (χ1) is 6.25. The number of H-pyrrole nitrogens is 1. The predicted molar refractivity (Wildman–Crippen MR) is 50.4 cm³/mol. The van der Waals surface area contributed by atoms with E-state index in [9.17, 15) is 0 Å². The molecule has 1 aromatic carbocycles. The molecule has 0 fully saturated rings. The van der Waals surface area contributed by atoms with E-state index >= 15 is 0 Å². The van der Waals surface area contributed by atoms with Crippen molar-refractivity contribution < 1.29 is 5.11 Å². The van der Waals surface area contributed by atoms with Gasteiger partial charge in [-0.15, -0.1) is 0 Å². The minimum Gasteiger partial charge on any atom is -0.493 e. The fourth-order valence-electron chi connectivity index (χ4n) is 1.25. The molecule has 0 atom stereocenters. The average molecular weight is 174 g/mol. The van der Waals surface area contributed by atoms with Gasteiger partial charge in [-0.25, -0.2) is 4.98 Å². The number of rotatable bonds is 1. The fourth-order valence-corrected chi connectivity index (χ4v) is 1.25. The molecule has 3 heteroatoms. The van der Waals surface area contributed by atoms with Crippen LogP contribution >= 0.6 is 0 Å². The van der Waals surface area contributed by atoms with Crippen molar-refractivity contribution in [3.8, 4) is 17.3 Å². The Labute approximate surface area is 76.1 Å². The number of aromatic nitrogens is 2. The number of hydrogen-bond acceptors (Lipinski definition) is 2. The first kappa shape index (κ1) is 7.86. The summed E-state index contributed by atoms with van der Waals surface area (Å²) in [6, 6.07) is 7.94. The maximum Gasteiger partial charge on any atom is 0.208 e. The first-order valence-corrected chi connectivity index (χ1v) is 4.07. The van der Waals surface area contributed by atoms with E-state index in [4.69, 9.17) is 5.11 Å². The molecule has 0 unspecified atom stereocenters. The second-order valence-electron chi connectivity index (χ2n) is 2.99. The van der Waals surface area contributed by atoms with E-state index in [0.29, 0.717) is 5.82 Å². The highest BCUT2D eigenvalue weighted by atomic mass is 16.3. The quantitative estimate of drug-likeness (QED) is 0.695. The first-order valence-electron chi connectivity index (χ1n) is 4.07. The van der Waals surface area contributed by atoms with Crippen LogP contribution < -0.4 is 0 Å². The Kier molecular flexibility index (Phi) is 1.77. The van der Waals surface area contributed by atoms with Crippen molar-refractivity contribution in [3.63, 3.8) is 0 Å². The van der Waals surface area contributed by atoms with Crippen molar-refractivity contribution >= 4 is 0 Å². The number of aromatic amines is 1. The van der Waals surface area contributed by atoms with Crippen LogP contribution in [0, 0.1) is 6.92 Å². The number of hydrogen-bond donors (Lipinski definition) is 2. The number of nitrogens with one attached hydrogen (secondary N) is 1. The molecule has 0 aliphatic heterocycles. The maximum absolute atomic E-state index is 9.07. The SMILES string of the molecule is Cc1cccc(-c2ncc(O)[nH]2)c1. The van der Waals surface area contributed by atoms with E-state index in [1.807, 2.05) is 31.2 Å². The second kappa shape index (κ2) is 2.94. The van der Waals surface area contributed by atoms with Crippen LogP contribution in [0.2, 0.25) is 0 Å².